The van der Waals surface area contributed by atoms with Crippen LogP contribution in [0.25, 0.3) is 0 Å². The van der Waals surface area contributed by atoms with Crippen molar-refractivity contribution in [1.29, 1.82) is 0 Å². The minimum atomic E-state index is -0.278. The van der Waals surface area contributed by atoms with E-state index < -0.39 is 0 Å². The Hall–Kier alpha value is -2.31. The van der Waals surface area contributed by atoms with Crippen LogP contribution >= 0.6 is 0 Å². The number of rotatable bonds is 6. The van der Waals surface area contributed by atoms with Gasteiger partial charge >= 0.3 is 6.03 Å². The van der Waals surface area contributed by atoms with Crippen molar-refractivity contribution in [2.24, 2.45) is 7.05 Å². The van der Waals surface area contributed by atoms with E-state index >= 15 is 0 Å². The Labute approximate surface area is 124 Å². The summed E-state index contributed by atoms with van der Waals surface area (Å²) < 4.78 is 1.70. The van der Waals surface area contributed by atoms with Crippen molar-refractivity contribution < 1.29 is 4.79 Å². The first-order chi connectivity index (χ1) is 10.1. The molecule has 7 nitrogen and oxygen atoms in total. The minimum absolute atomic E-state index is 0.278. The van der Waals surface area contributed by atoms with Gasteiger partial charge in [-0.25, -0.2) is 4.79 Å². The number of anilines is 1. The average molecular weight is 290 g/mol. The predicted molar refractivity (Wildman–Crippen MR) is 81.0 cm³/mol. The summed E-state index contributed by atoms with van der Waals surface area (Å²) in [7, 11) is 1.84. The molecule has 0 aliphatic carbocycles. The van der Waals surface area contributed by atoms with Crippen LogP contribution in [0.3, 0.4) is 0 Å². The van der Waals surface area contributed by atoms with Crippen LogP contribution in [-0.2, 0) is 13.6 Å². The number of nitrogens with zero attached hydrogens (tertiary/aromatic N) is 3. The normalized spacial score (nSPS) is 12.1. The number of nitrogens with one attached hydrogen (secondary N) is 3. The van der Waals surface area contributed by atoms with Crippen LogP contribution in [0.15, 0.2) is 18.5 Å². The monoisotopic (exact) mass is 290 g/mol. The maximum Gasteiger partial charge on any atom is 0.320 e. The number of amides is 2. The first-order valence-electron chi connectivity index (χ1n) is 7.16. The fourth-order valence-corrected chi connectivity index (χ4v) is 2.15. The Balaban J connectivity index is 1.82. The SMILES string of the molecule is CCCC(C)c1cc(NC(=O)NCc2cnn(C)c2)n[nH]1. The third-order valence-corrected chi connectivity index (χ3v) is 3.30. The van der Waals surface area contributed by atoms with Crippen molar-refractivity contribution in [3.63, 3.8) is 0 Å². The van der Waals surface area contributed by atoms with Crippen LogP contribution in [-0.4, -0.2) is 26.0 Å². The summed E-state index contributed by atoms with van der Waals surface area (Å²) in [5, 5.41) is 16.6. The van der Waals surface area contributed by atoms with Gasteiger partial charge in [-0.1, -0.05) is 20.3 Å². The van der Waals surface area contributed by atoms with Gasteiger partial charge in [0.05, 0.1) is 6.20 Å². The highest BCUT2D eigenvalue weighted by molar-refractivity contribution is 5.88. The molecular formula is C14H22N6O. The number of carbonyl (C=O) groups is 1. The molecule has 1 atom stereocenters. The highest BCUT2D eigenvalue weighted by Crippen LogP contribution is 2.20. The van der Waals surface area contributed by atoms with E-state index in [0.717, 1.165) is 24.1 Å². The molecule has 0 aliphatic heterocycles. The van der Waals surface area contributed by atoms with E-state index in [1.165, 1.54) is 0 Å². The van der Waals surface area contributed by atoms with Crippen LogP contribution in [0.5, 0.6) is 0 Å². The van der Waals surface area contributed by atoms with E-state index in [1.54, 1.807) is 10.9 Å². The predicted octanol–water partition coefficient (Wildman–Crippen LogP) is 2.37. The fraction of sp³-hybridized carbons (Fsp3) is 0.500. The first kappa shape index (κ1) is 15.1. The Morgan fingerprint density at radius 3 is 3.00 bits per heavy atom. The van der Waals surface area contributed by atoms with Crippen LogP contribution < -0.4 is 10.6 Å². The average Bonchev–Trinajstić information content (AvgIpc) is 3.06. The molecule has 0 saturated heterocycles. The van der Waals surface area contributed by atoms with Gasteiger partial charge in [-0.3, -0.25) is 15.1 Å². The molecule has 7 heteroatoms. The molecule has 2 heterocycles. The molecule has 21 heavy (non-hydrogen) atoms. The Kier molecular flexibility index (Phi) is 4.97. The summed E-state index contributed by atoms with van der Waals surface area (Å²) in [6, 6.07) is 1.60. The van der Waals surface area contributed by atoms with Crippen LogP contribution in [0, 0.1) is 0 Å². The summed E-state index contributed by atoms with van der Waals surface area (Å²) in [6.45, 7) is 4.73. The Bertz CT molecular complexity index is 588. The number of carbonyl (C=O) groups excluding carboxylic acids is 1. The van der Waals surface area contributed by atoms with Gasteiger partial charge in [-0.05, 0) is 12.3 Å². The molecule has 2 aromatic heterocycles. The molecule has 1 unspecified atom stereocenters. The molecule has 2 rings (SSSR count). The van der Waals surface area contributed by atoms with Gasteiger partial charge < -0.3 is 5.32 Å². The number of aromatic amines is 1. The molecule has 0 radical (unpaired) electrons. The molecule has 2 aromatic rings. The lowest BCUT2D eigenvalue weighted by molar-refractivity contribution is 0.251. The van der Waals surface area contributed by atoms with E-state index in [9.17, 15) is 4.79 Å². The third kappa shape index (κ3) is 4.34. The van der Waals surface area contributed by atoms with Gasteiger partial charge in [-0.2, -0.15) is 10.2 Å². The van der Waals surface area contributed by atoms with E-state index in [0.29, 0.717) is 18.3 Å². The number of aryl methyl sites for hydroxylation is 1. The third-order valence-electron chi connectivity index (χ3n) is 3.30. The molecule has 0 aliphatic rings. The zero-order valence-corrected chi connectivity index (χ0v) is 12.7. The van der Waals surface area contributed by atoms with E-state index in [4.69, 9.17) is 0 Å². The van der Waals surface area contributed by atoms with Crippen LogP contribution in [0.1, 0.15) is 43.9 Å². The number of aromatic nitrogens is 4. The van der Waals surface area contributed by atoms with Gasteiger partial charge in [0, 0.05) is 37.1 Å². The van der Waals surface area contributed by atoms with Gasteiger partial charge in [0.25, 0.3) is 0 Å². The molecular weight excluding hydrogens is 268 g/mol. The molecule has 0 fully saturated rings. The summed E-state index contributed by atoms with van der Waals surface area (Å²) in [5.41, 5.74) is 1.99. The smallest absolute Gasteiger partial charge is 0.320 e. The van der Waals surface area contributed by atoms with Crippen molar-refractivity contribution in [2.45, 2.75) is 39.2 Å². The van der Waals surface area contributed by atoms with Gasteiger partial charge in [-0.15, -0.1) is 0 Å². The summed E-state index contributed by atoms with van der Waals surface area (Å²) in [6.07, 6.45) is 5.79. The van der Waals surface area contributed by atoms with Gasteiger partial charge in [0.1, 0.15) is 0 Å². The summed E-state index contributed by atoms with van der Waals surface area (Å²) >= 11 is 0. The van der Waals surface area contributed by atoms with Crippen LogP contribution in [0.4, 0.5) is 10.6 Å². The van der Waals surface area contributed by atoms with Crippen LogP contribution in [0.2, 0.25) is 0 Å². The quantitative estimate of drug-likeness (QED) is 0.763. The lowest BCUT2D eigenvalue weighted by atomic mass is 10.0. The number of hydrogen-bond acceptors (Lipinski definition) is 3. The van der Waals surface area contributed by atoms with Crippen molar-refractivity contribution in [1.82, 2.24) is 25.3 Å². The van der Waals surface area contributed by atoms with E-state index in [1.807, 2.05) is 19.3 Å². The second kappa shape index (κ2) is 6.92. The molecule has 0 bridgehead atoms. The number of urea groups is 1. The second-order valence-electron chi connectivity index (χ2n) is 5.23. The summed E-state index contributed by atoms with van der Waals surface area (Å²) in [4.78, 5) is 11.8. The zero-order chi connectivity index (χ0) is 15.2. The van der Waals surface area contributed by atoms with Gasteiger partial charge in [0.15, 0.2) is 5.82 Å². The topological polar surface area (TPSA) is 87.6 Å². The lowest BCUT2D eigenvalue weighted by Crippen LogP contribution is -2.28. The standard InChI is InChI=1S/C14H22N6O/c1-4-5-10(2)12-6-13(19-18-12)17-14(21)15-7-11-8-16-20(3)9-11/h6,8-10H,4-5,7H2,1-3H3,(H3,15,17,18,19,21). The maximum absolute atomic E-state index is 11.8. The molecule has 0 saturated carbocycles. The summed E-state index contributed by atoms with van der Waals surface area (Å²) in [5.74, 6) is 0.952. The molecule has 0 spiro atoms. The lowest BCUT2D eigenvalue weighted by Gasteiger charge is -2.05. The number of H-pyrrole nitrogens is 1. The van der Waals surface area contributed by atoms with Crippen molar-refractivity contribution in [3.05, 3.63) is 29.7 Å². The zero-order valence-electron chi connectivity index (χ0n) is 12.7. The highest BCUT2D eigenvalue weighted by Gasteiger charge is 2.10. The fourth-order valence-electron chi connectivity index (χ4n) is 2.15. The second-order valence-corrected chi connectivity index (χ2v) is 5.23. The number of hydrogen-bond donors (Lipinski definition) is 3. The maximum atomic E-state index is 11.8. The van der Waals surface area contributed by atoms with E-state index in [2.05, 4.69) is 39.8 Å². The largest absolute Gasteiger partial charge is 0.334 e. The van der Waals surface area contributed by atoms with E-state index in [-0.39, 0.29) is 6.03 Å². The Morgan fingerprint density at radius 1 is 1.52 bits per heavy atom. The minimum Gasteiger partial charge on any atom is -0.334 e. The molecule has 3 N–H and O–H groups in total. The van der Waals surface area contributed by atoms with Crippen molar-refractivity contribution >= 4 is 11.8 Å². The van der Waals surface area contributed by atoms with Gasteiger partial charge in [0.2, 0.25) is 0 Å². The first-order valence-corrected chi connectivity index (χ1v) is 7.16. The van der Waals surface area contributed by atoms with Crippen molar-refractivity contribution in [3.8, 4) is 0 Å². The highest BCUT2D eigenvalue weighted by atomic mass is 16.2. The molecule has 2 amide bonds. The molecule has 0 aromatic carbocycles. The molecule has 114 valence electrons. The van der Waals surface area contributed by atoms with Crippen molar-refractivity contribution in [2.75, 3.05) is 5.32 Å². The Morgan fingerprint density at radius 2 is 2.33 bits per heavy atom.